The van der Waals surface area contributed by atoms with Gasteiger partial charge in [0.05, 0.1) is 6.42 Å². The lowest BCUT2D eigenvalue weighted by atomic mass is 10.2. The highest BCUT2D eigenvalue weighted by Gasteiger charge is 2.18. The molecular weight excluding hydrogens is 304 g/mol. The van der Waals surface area contributed by atoms with Crippen LogP contribution in [0.1, 0.15) is 18.4 Å². The van der Waals surface area contributed by atoms with Gasteiger partial charge in [0.15, 0.2) is 0 Å². The zero-order chi connectivity index (χ0) is 16.8. The summed E-state index contributed by atoms with van der Waals surface area (Å²) in [6, 6.07) is 12.4. The Balaban J connectivity index is 1.52. The molecule has 0 saturated carbocycles. The van der Waals surface area contributed by atoms with Crippen molar-refractivity contribution in [3.05, 3.63) is 54.2 Å². The third-order valence-corrected chi connectivity index (χ3v) is 3.91. The molecule has 0 spiro atoms. The van der Waals surface area contributed by atoms with Gasteiger partial charge in [0.2, 0.25) is 5.91 Å². The number of likely N-dealkylation sites (tertiary alicyclic amines) is 1. The summed E-state index contributed by atoms with van der Waals surface area (Å²) < 4.78 is 0. The van der Waals surface area contributed by atoms with Gasteiger partial charge in [-0.25, -0.2) is 9.78 Å². The molecule has 2 heterocycles. The topological polar surface area (TPSA) is 74.3 Å². The Morgan fingerprint density at radius 1 is 1.00 bits per heavy atom. The van der Waals surface area contributed by atoms with Gasteiger partial charge in [-0.05, 0) is 36.6 Å². The number of nitrogens with one attached hydrogen (secondary N) is 2. The Morgan fingerprint density at radius 2 is 1.75 bits per heavy atom. The summed E-state index contributed by atoms with van der Waals surface area (Å²) in [4.78, 5) is 30.1. The van der Waals surface area contributed by atoms with Crippen molar-refractivity contribution < 1.29 is 9.59 Å². The van der Waals surface area contributed by atoms with E-state index < -0.39 is 0 Å². The van der Waals surface area contributed by atoms with Gasteiger partial charge in [-0.15, -0.1) is 0 Å². The van der Waals surface area contributed by atoms with E-state index in [4.69, 9.17) is 0 Å². The van der Waals surface area contributed by atoms with Gasteiger partial charge in [-0.2, -0.15) is 0 Å². The molecule has 0 unspecified atom stereocenters. The van der Waals surface area contributed by atoms with Crippen molar-refractivity contribution in [2.45, 2.75) is 19.3 Å². The van der Waals surface area contributed by atoms with Crippen molar-refractivity contribution in [1.29, 1.82) is 0 Å². The fourth-order valence-electron chi connectivity index (χ4n) is 2.66. The lowest BCUT2D eigenvalue weighted by Crippen LogP contribution is -2.29. The van der Waals surface area contributed by atoms with Crippen LogP contribution in [0.4, 0.5) is 16.3 Å². The summed E-state index contributed by atoms with van der Waals surface area (Å²) in [5.74, 6) is 0.581. The molecule has 0 radical (unpaired) electrons. The fraction of sp³-hybridized carbons (Fsp3) is 0.278. The van der Waals surface area contributed by atoms with Crippen LogP contribution in [-0.4, -0.2) is 34.9 Å². The second-order valence-corrected chi connectivity index (χ2v) is 5.76. The van der Waals surface area contributed by atoms with E-state index in [1.165, 1.54) is 0 Å². The van der Waals surface area contributed by atoms with E-state index in [1.807, 2.05) is 29.2 Å². The summed E-state index contributed by atoms with van der Waals surface area (Å²) in [5, 5.41) is 5.39. The van der Waals surface area contributed by atoms with Crippen molar-refractivity contribution in [3.63, 3.8) is 0 Å². The molecule has 0 bridgehead atoms. The number of hydrogen-bond donors (Lipinski definition) is 2. The van der Waals surface area contributed by atoms with Crippen LogP contribution in [0.5, 0.6) is 0 Å². The molecule has 1 aliphatic heterocycles. The number of urea groups is 1. The van der Waals surface area contributed by atoms with Gasteiger partial charge in [0, 0.05) is 25.0 Å². The van der Waals surface area contributed by atoms with Crippen molar-refractivity contribution >= 4 is 23.4 Å². The summed E-state index contributed by atoms with van der Waals surface area (Å²) in [6.45, 7) is 1.71. The number of amides is 3. The maximum Gasteiger partial charge on any atom is 0.324 e. The number of carbonyl (C=O) groups excluding carboxylic acids is 2. The molecule has 1 fully saturated rings. The summed E-state index contributed by atoms with van der Waals surface area (Å²) in [5.41, 5.74) is 1.56. The Bertz CT molecular complexity index is 695. The van der Waals surface area contributed by atoms with Crippen LogP contribution in [0.15, 0.2) is 48.7 Å². The number of carbonyl (C=O) groups is 2. The van der Waals surface area contributed by atoms with Crippen LogP contribution in [-0.2, 0) is 11.2 Å². The largest absolute Gasteiger partial charge is 0.342 e. The zero-order valence-corrected chi connectivity index (χ0v) is 13.4. The normalized spacial score (nSPS) is 13.6. The average molecular weight is 324 g/mol. The zero-order valence-electron chi connectivity index (χ0n) is 13.4. The maximum absolute atomic E-state index is 12.1. The molecule has 6 nitrogen and oxygen atoms in total. The van der Waals surface area contributed by atoms with Crippen LogP contribution in [0.2, 0.25) is 0 Å². The molecule has 3 rings (SSSR count). The first kappa shape index (κ1) is 16.0. The summed E-state index contributed by atoms with van der Waals surface area (Å²) in [7, 11) is 0. The molecule has 0 aliphatic carbocycles. The number of pyridine rings is 1. The van der Waals surface area contributed by atoms with Gasteiger partial charge >= 0.3 is 6.03 Å². The lowest BCUT2D eigenvalue weighted by Gasteiger charge is -2.15. The third kappa shape index (κ3) is 4.32. The van der Waals surface area contributed by atoms with E-state index >= 15 is 0 Å². The summed E-state index contributed by atoms with van der Waals surface area (Å²) in [6.07, 6.45) is 4.16. The minimum atomic E-state index is -0.352. The predicted molar refractivity (Wildman–Crippen MR) is 92.8 cm³/mol. The molecule has 1 aliphatic rings. The predicted octanol–water partition coefficient (Wildman–Crippen LogP) is 2.89. The molecule has 6 heteroatoms. The third-order valence-electron chi connectivity index (χ3n) is 3.91. The first-order valence-corrected chi connectivity index (χ1v) is 8.06. The van der Waals surface area contributed by atoms with Crippen LogP contribution in [0, 0.1) is 0 Å². The van der Waals surface area contributed by atoms with Gasteiger partial charge < -0.3 is 10.2 Å². The highest BCUT2D eigenvalue weighted by molar-refractivity contribution is 5.99. The van der Waals surface area contributed by atoms with E-state index in [-0.39, 0.29) is 11.9 Å². The van der Waals surface area contributed by atoms with Crippen LogP contribution < -0.4 is 10.6 Å². The van der Waals surface area contributed by atoms with Crippen LogP contribution >= 0.6 is 0 Å². The first-order chi connectivity index (χ1) is 11.7. The molecule has 1 saturated heterocycles. The average Bonchev–Trinajstić information content (AvgIpc) is 3.12. The second kappa shape index (κ2) is 7.59. The van der Waals surface area contributed by atoms with Crippen LogP contribution in [0.25, 0.3) is 0 Å². The maximum atomic E-state index is 12.1. The second-order valence-electron chi connectivity index (χ2n) is 5.76. The number of benzene rings is 1. The van der Waals surface area contributed by atoms with Gasteiger partial charge in [-0.3, -0.25) is 10.1 Å². The molecule has 0 atom stereocenters. The number of anilines is 2. The van der Waals surface area contributed by atoms with Crippen molar-refractivity contribution in [2.24, 2.45) is 0 Å². The Labute approximate surface area is 140 Å². The monoisotopic (exact) mass is 324 g/mol. The SMILES string of the molecule is O=C(Nc1ccccc1)Nc1ccc(CC(=O)N2CCCC2)cn1. The van der Waals surface area contributed by atoms with E-state index in [0.717, 1.165) is 31.5 Å². The smallest absolute Gasteiger partial charge is 0.324 e. The molecular formula is C18H20N4O2. The molecule has 2 aromatic rings. The molecule has 1 aromatic carbocycles. The van der Waals surface area contributed by atoms with E-state index in [2.05, 4.69) is 15.6 Å². The number of para-hydroxylation sites is 1. The van der Waals surface area contributed by atoms with Gasteiger partial charge in [-0.1, -0.05) is 24.3 Å². The Morgan fingerprint density at radius 3 is 2.42 bits per heavy atom. The molecule has 1 aromatic heterocycles. The van der Waals surface area contributed by atoms with E-state index in [0.29, 0.717) is 17.9 Å². The van der Waals surface area contributed by atoms with Crippen LogP contribution in [0.3, 0.4) is 0 Å². The van der Waals surface area contributed by atoms with E-state index in [1.54, 1.807) is 24.4 Å². The van der Waals surface area contributed by atoms with Crippen molar-refractivity contribution in [1.82, 2.24) is 9.88 Å². The number of aromatic nitrogens is 1. The number of rotatable bonds is 4. The molecule has 2 N–H and O–H groups in total. The Kier molecular flexibility index (Phi) is 5.05. The van der Waals surface area contributed by atoms with Gasteiger partial charge in [0.25, 0.3) is 0 Å². The van der Waals surface area contributed by atoms with Crippen molar-refractivity contribution in [2.75, 3.05) is 23.7 Å². The fourth-order valence-corrected chi connectivity index (χ4v) is 2.66. The summed E-state index contributed by atoms with van der Waals surface area (Å²) >= 11 is 0. The highest BCUT2D eigenvalue weighted by atomic mass is 16.2. The Hall–Kier alpha value is -2.89. The quantitative estimate of drug-likeness (QED) is 0.908. The first-order valence-electron chi connectivity index (χ1n) is 8.06. The van der Waals surface area contributed by atoms with Crippen molar-refractivity contribution in [3.8, 4) is 0 Å². The standard InChI is InChI=1S/C18H20N4O2/c23-17(22-10-4-5-11-22)12-14-8-9-16(19-13-14)21-18(24)20-15-6-2-1-3-7-15/h1-3,6-9,13H,4-5,10-12H2,(H2,19,20,21,24). The highest BCUT2D eigenvalue weighted by Crippen LogP contribution is 2.12. The lowest BCUT2D eigenvalue weighted by molar-refractivity contribution is -0.129. The number of nitrogens with zero attached hydrogens (tertiary/aromatic N) is 2. The van der Waals surface area contributed by atoms with E-state index in [9.17, 15) is 9.59 Å². The molecule has 124 valence electrons. The minimum absolute atomic E-state index is 0.136. The number of hydrogen-bond acceptors (Lipinski definition) is 3. The minimum Gasteiger partial charge on any atom is -0.342 e. The molecule has 3 amide bonds. The van der Waals surface area contributed by atoms with Gasteiger partial charge in [0.1, 0.15) is 5.82 Å². The molecule has 24 heavy (non-hydrogen) atoms.